The summed E-state index contributed by atoms with van der Waals surface area (Å²) in [6, 6.07) is 1.97. The normalized spacial score (nSPS) is 15.0. The summed E-state index contributed by atoms with van der Waals surface area (Å²) in [6.07, 6.45) is 10.4. The lowest BCUT2D eigenvalue weighted by Crippen LogP contribution is -2.36. The molecule has 1 heterocycles. The molecule has 3 N–H and O–H groups in total. The molecule has 0 saturated carbocycles. The number of nitrogens with zero attached hydrogens (tertiary/aromatic N) is 1. The predicted octanol–water partition coefficient (Wildman–Crippen LogP) is 9.29. The predicted molar refractivity (Wildman–Crippen MR) is 159 cm³/mol. The molecule has 0 aliphatic rings. The molecule has 3 unspecified atom stereocenters. The lowest BCUT2D eigenvalue weighted by Gasteiger charge is -2.18. The Kier molecular flexibility index (Phi) is 16.5. The molecule has 0 amide bonds. The molecule has 0 bridgehead atoms. The number of anilines is 1. The number of nitrogens with one attached hydrogen (secondary N) is 1. The van der Waals surface area contributed by atoms with Gasteiger partial charge in [0.1, 0.15) is 5.82 Å². The SMILES string of the molecule is C/C(=C\CSCC(Nc1ccc(C(F)(F)F)cn1)C(N)=S)CCCC(C)CCCC(C)CCCC(C)C. The minimum absolute atomic E-state index is 0.272. The first-order chi connectivity index (χ1) is 17.4. The highest BCUT2D eigenvalue weighted by Gasteiger charge is 2.30. The fourth-order valence-electron chi connectivity index (χ4n) is 4.22. The van der Waals surface area contributed by atoms with Crippen LogP contribution in [0.3, 0.4) is 0 Å². The highest BCUT2D eigenvalue weighted by atomic mass is 32.2. The maximum atomic E-state index is 12.7. The van der Waals surface area contributed by atoms with E-state index in [0.717, 1.165) is 42.2 Å². The summed E-state index contributed by atoms with van der Waals surface area (Å²) < 4.78 is 38.2. The van der Waals surface area contributed by atoms with E-state index < -0.39 is 11.7 Å². The molecule has 0 spiro atoms. The van der Waals surface area contributed by atoms with Crippen molar-refractivity contribution >= 4 is 34.8 Å². The second-order valence-corrected chi connectivity index (χ2v) is 12.5. The van der Waals surface area contributed by atoms with Crippen LogP contribution in [-0.4, -0.2) is 27.5 Å². The highest BCUT2D eigenvalue weighted by Crippen LogP contribution is 2.29. The summed E-state index contributed by atoms with van der Waals surface area (Å²) in [6.45, 7) is 11.6. The number of pyridine rings is 1. The number of hydrogen-bond acceptors (Lipinski definition) is 4. The highest BCUT2D eigenvalue weighted by molar-refractivity contribution is 7.99. The van der Waals surface area contributed by atoms with Crippen LogP contribution in [0.4, 0.5) is 19.0 Å². The van der Waals surface area contributed by atoms with Crippen molar-refractivity contribution < 1.29 is 13.2 Å². The number of allylic oxidation sites excluding steroid dienone is 1. The molecule has 1 aromatic rings. The number of halogens is 3. The van der Waals surface area contributed by atoms with Crippen molar-refractivity contribution in [1.82, 2.24) is 4.98 Å². The number of thiocarbonyl (C=S) groups is 1. The van der Waals surface area contributed by atoms with E-state index in [9.17, 15) is 13.2 Å². The average molecular weight is 560 g/mol. The smallest absolute Gasteiger partial charge is 0.392 e. The molecule has 212 valence electrons. The summed E-state index contributed by atoms with van der Waals surface area (Å²) >= 11 is 6.83. The van der Waals surface area contributed by atoms with E-state index in [1.54, 1.807) is 11.8 Å². The summed E-state index contributed by atoms with van der Waals surface area (Å²) in [4.78, 5) is 4.12. The van der Waals surface area contributed by atoms with Gasteiger partial charge in [0, 0.05) is 17.7 Å². The van der Waals surface area contributed by atoms with Crippen LogP contribution in [0.2, 0.25) is 0 Å². The van der Waals surface area contributed by atoms with Crippen LogP contribution in [0.1, 0.15) is 98.0 Å². The van der Waals surface area contributed by atoms with E-state index in [1.807, 2.05) is 0 Å². The Balaban J connectivity index is 2.25. The van der Waals surface area contributed by atoms with Gasteiger partial charge in [-0.25, -0.2) is 4.98 Å². The Morgan fingerprint density at radius 1 is 1.03 bits per heavy atom. The van der Waals surface area contributed by atoms with Gasteiger partial charge in [0.15, 0.2) is 0 Å². The Labute approximate surface area is 233 Å². The third-order valence-electron chi connectivity index (χ3n) is 6.73. The summed E-state index contributed by atoms with van der Waals surface area (Å²) in [7, 11) is 0. The minimum Gasteiger partial charge on any atom is -0.392 e. The number of aromatic nitrogens is 1. The first kappa shape index (κ1) is 33.7. The topological polar surface area (TPSA) is 50.9 Å². The van der Waals surface area contributed by atoms with Crippen LogP contribution in [0.5, 0.6) is 0 Å². The molecule has 0 saturated heterocycles. The quantitative estimate of drug-likeness (QED) is 0.100. The molecule has 3 atom stereocenters. The van der Waals surface area contributed by atoms with E-state index in [2.05, 4.69) is 51.0 Å². The number of thioether (sulfide) groups is 1. The van der Waals surface area contributed by atoms with E-state index >= 15 is 0 Å². The van der Waals surface area contributed by atoms with E-state index in [-0.39, 0.29) is 11.0 Å². The van der Waals surface area contributed by atoms with E-state index in [0.29, 0.717) is 11.6 Å². The van der Waals surface area contributed by atoms with Gasteiger partial charge < -0.3 is 11.1 Å². The van der Waals surface area contributed by atoms with Gasteiger partial charge in [-0.1, -0.05) is 96.5 Å². The van der Waals surface area contributed by atoms with Crippen LogP contribution < -0.4 is 11.1 Å². The summed E-state index contributed by atoms with van der Waals surface area (Å²) in [5, 5.41) is 3.04. The molecular formula is C29H48F3N3S2. The molecule has 0 aromatic carbocycles. The third kappa shape index (κ3) is 16.3. The summed E-state index contributed by atoms with van der Waals surface area (Å²) in [5.74, 6) is 4.24. The fraction of sp³-hybridized carbons (Fsp3) is 0.724. The number of hydrogen-bond donors (Lipinski definition) is 2. The molecule has 0 aliphatic carbocycles. The van der Waals surface area contributed by atoms with Gasteiger partial charge >= 0.3 is 6.18 Å². The maximum Gasteiger partial charge on any atom is 0.417 e. The van der Waals surface area contributed by atoms with Crippen LogP contribution in [0, 0.1) is 17.8 Å². The lowest BCUT2D eigenvalue weighted by molar-refractivity contribution is -0.137. The van der Waals surface area contributed by atoms with Gasteiger partial charge in [0.25, 0.3) is 0 Å². The average Bonchev–Trinajstić information content (AvgIpc) is 2.80. The van der Waals surface area contributed by atoms with Crippen molar-refractivity contribution in [3.8, 4) is 0 Å². The van der Waals surface area contributed by atoms with Gasteiger partial charge in [0.05, 0.1) is 16.6 Å². The number of nitrogens with two attached hydrogens (primary N) is 1. The minimum atomic E-state index is -4.41. The molecule has 0 radical (unpaired) electrons. The van der Waals surface area contributed by atoms with Crippen molar-refractivity contribution in [1.29, 1.82) is 0 Å². The van der Waals surface area contributed by atoms with E-state index in [4.69, 9.17) is 18.0 Å². The van der Waals surface area contributed by atoms with Crippen molar-refractivity contribution in [3.63, 3.8) is 0 Å². The third-order valence-corrected chi connectivity index (χ3v) is 7.99. The van der Waals surface area contributed by atoms with Gasteiger partial charge in [0.2, 0.25) is 0 Å². The fourth-order valence-corrected chi connectivity index (χ4v) is 5.50. The largest absolute Gasteiger partial charge is 0.417 e. The van der Waals surface area contributed by atoms with Gasteiger partial charge in [-0.2, -0.15) is 24.9 Å². The molecule has 8 heteroatoms. The van der Waals surface area contributed by atoms with Crippen LogP contribution in [0.25, 0.3) is 0 Å². The van der Waals surface area contributed by atoms with E-state index in [1.165, 1.54) is 63.0 Å². The second kappa shape index (κ2) is 18.1. The first-order valence-corrected chi connectivity index (χ1v) is 15.3. The Bertz CT molecular complexity index is 795. The molecule has 3 nitrogen and oxygen atoms in total. The Morgan fingerprint density at radius 2 is 1.62 bits per heavy atom. The van der Waals surface area contributed by atoms with Gasteiger partial charge in [-0.05, 0) is 49.7 Å². The molecule has 0 fully saturated rings. The van der Waals surface area contributed by atoms with Crippen LogP contribution >= 0.6 is 24.0 Å². The molecule has 1 aromatic heterocycles. The van der Waals surface area contributed by atoms with Crippen molar-refractivity contribution in [2.45, 2.75) is 105 Å². The zero-order valence-electron chi connectivity index (χ0n) is 23.4. The van der Waals surface area contributed by atoms with Gasteiger partial charge in [-0.3, -0.25) is 0 Å². The zero-order chi connectivity index (χ0) is 27.8. The van der Waals surface area contributed by atoms with Crippen LogP contribution in [-0.2, 0) is 6.18 Å². The molecule has 37 heavy (non-hydrogen) atoms. The van der Waals surface area contributed by atoms with Crippen molar-refractivity contribution in [2.75, 3.05) is 16.8 Å². The van der Waals surface area contributed by atoms with Crippen molar-refractivity contribution in [3.05, 3.63) is 35.5 Å². The monoisotopic (exact) mass is 559 g/mol. The van der Waals surface area contributed by atoms with Crippen LogP contribution in [0.15, 0.2) is 30.0 Å². The number of rotatable bonds is 19. The zero-order valence-corrected chi connectivity index (χ0v) is 25.0. The Morgan fingerprint density at radius 3 is 2.14 bits per heavy atom. The molecule has 0 aliphatic heterocycles. The lowest BCUT2D eigenvalue weighted by atomic mass is 9.91. The maximum absolute atomic E-state index is 12.7. The first-order valence-electron chi connectivity index (χ1n) is 13.7. The molecular weight excluding hydrogens is 511 g/mol. The number of alkyl halides is 3. The standard InChI is InChI=1S/C29H48F3N3S2/c1-21(2)9-6-10-22(3)11-7-12-23(4)13-8-14-24(5)17-18-37-20-26(28(33)36)35-27-16-15-25(19-34-27)29(30,31)32/h15-17,19,21-23,26H,6-14,18,20H2,1-5H3,(H2,33,36)(H,34,35)/b24-17+. The van der Waals surface area contributed by atoms with Gasteiger partial charge in [-0.15, -0.1) is 0 Å². The molecule has 1 rings (SSSR count). The second-order valence-electron chi connectivity index (χ2n) is 11.0. The Hall–Kier alpha value is -1.28. The van der Waals surface area contributed by atoms with Crippen molar-refractivity contribution in [2.24, 2.45) is 23.5 Å². The summed E-state index contributed by atoms with van der Waals surface area (Å²) in [5.41, 5.74) is 6.45.